The molecule has 98 valence electrons. The van der Waals surface area contributed by atoms with Crippen molar-refractivity contribution in [3.05, 3.63) is 45.8 Å². The molecule has 0 fully saturated rings. The van der Waals surface area contributed by atoms with Crippen molar-refractivity contribution in [2.24, 2.45) is 0 Å². The molecule has 0 bridgehead atoms. The Bertz CT molecular complexity index is 608. The third-order valence-corrected chi connectivity index (χ3v) is 4.38. The van der Waals surface area contributed by atoms with Gasteiger partial charge in [0.15, 0.2) is 0 Å². The van der Waals surface area contributed by atoms with Gasteiger partial charge in [-0.25, -0.2) is 4.98 Å². The molecular formula is C16H18N2S. The lowest BCUT2D eigenvalue weighted by Crippen LogP contribution is -2.19. The summed E-state index contributed by atoms with van der Waals surface area (Å²) in [5.74, 6) is 0. The lowest BCUT2D eigenvalue weighted by Gasteiger charge is -2.14. The average Bonchev–Trinajstić information content (AvgIpc) is 2.79. The van der Waals surface area contributed by atoms with Gasteiger partial charge < -0.3 is 5.32 Å². The fraction of sp³-hybridized carbons (Fsp3) is 0.312. The number of nitrogens with zero attached hydrogens (tertiary/aromatic N) is 1. The van der Waals surface area contributed by atoms with Crippen molar-refractivity contribution in [2.45, 2.75) is 20.3 Å². The predicted octanol–water partition coefficient (Wildman–Crippen LogP) is 3.80. The van der Waals surface area contributed by atoms with Gasteiger partial charge in [-0.15, -0.1) is 11.3 Å². The first kappa shape index (κ1) is 12.6. The third-order valence-electron chi connectivity index (χ3n) is 3.50. The summed E-state index contributed by atoms with van der Waals surface area (Å²) in [5.41, 5.74) is 5.15. The quantitative estimate of drug-likeness (QED) is 0.897. The Morgan fingerprint density at radius 3 is 2.42 bits per heavy atom. The summed E-state index contributed by atoms with van der Waals surface area (Å²) in [6, 6.07) is 8.83. The SMILES string of the molecule is Cc1nc(-c2ccc(C3=CCNCC3)cc2)c(C)s1. The molecule has 0 saturated carbocycles. The van der Waals surface area contributed by atoms with E-state index in [0.717, 1.165) is 30.2 Å². The van der Waals surface area contributed by atoms with E-state index in [2.05, 4.69) is 54.5 Å². The third kappa shape index (κ3) is 2.62. The summed E-state index contributed by atoms with van der Waals surface area (Å²) in [6.45, 7) is 6.28. The highest BCUT2D eigenvalue weighted by Crippen LogP contribution is 2.29. The van der Waals surface area contributed by atoms with Gasteiger partial charge in [0, 0.05) is 17.0 Å². The molecule has 3 rings (SSSR count). The van der Waals surface area contributed by atoms with Gasteiger partial charge in [0.2, 0.25) is 0 Å². The molecule has 0 atom stereocenters. The molecule has 1 aliphatic heterocycles. The molecule has 0 saturated heterocycles. The molecule has 2 nitrogen and oxygen atoms in total. The van der Waals surface area contributed by atoms with Crippen molar-refractivity contribution < 1.29 is 0 Å². The van der Waals surface area contributed by atoms with Crippen LogP contribution >= 0.6 is 11.3 Å². The van der Waals surface area contributed by atoms with E-state index in [1.165, 1.54) is 21.6 Å². The van der Waals surface area contributed by atoms with Gasteiger partial charge in [0.1, 0.15) is 0 Å². The Hall–Kier alpha value is -1.45. The van der Waals surface area contributed by atoms with Gasteiger partial charge in [-0.3, -0.25) is 0 Å². The first-order chi connectivity index (χ1) is 9.24. The fourth-order valence-corrected chi connectivity index (χ4v) is 3.36. The number of thiazole rings is 1. The van der Waals surface area contributed by atoms with Crippen LogP contribution in [0.25, 0.3) is 16.8 Å². The van der Waals surface area contributed by atoms with E-state index in [4.69, 9.17) is 0 Å². The second-order valence-corrected chi connectivity index (χ2v) is 6.31. The largest absolute Gasteiger partial charge is 0.313 e. The Kier molecular flexibility index (Phi) is 3.49. The molecular weight excluding hydrogens is 252 g/mol. The Morgan fingerprint density at radius 2 is 1.84 bits per heavy atom. The maximum atomic E-state index is 4.62. The van der Waals surface area contributed by atoms with Crippen LogP contribution in [0.2, 0.25) is 0 Å². The van der Waals surface area contributed by atoms with Gasteiger partial charge in [-0.05, 0) is 37.9 Å². The molecule has 2 heterocycles. The van der Waals surface area contributed by atoms with Crippen molar-refractivity contribution in [3.63, 3.8) is 0 Å². The number of aromatic nitrogens is 1. The monoisotopic (exact) mass is 270 g/mol. The van der Waals surface area contributed by atoms with E-state index in [9.17, 15) is 0 Å². The second-order valence-electron chi connectivity index (χ2n) is 4.90. The molecule has 19 heavy (non-hydrogen) atoms. The van der Waals surface area contributed by atoms with Crippen LogP contribution in [0.3, 0.4) is 0 Å². The van der Waals surface area contributed by atoms with E-state index in [1.807, 2.05) is 0 Å². The Balaban J connectivity index is 1.90. The molecule has 2 aromatic rings. The van der Waals surface area contributed by atoms with E-state index in [-0.39, 0.29) is 0 Å². The molecule has 1 aromatic heterocycles. The Labute approximate surface area is 118 Å². The van der Waals surface area contributed by atoms with E-state index >= 15 is 0 Å². The van der Waals surface area contributed by atoms with Crippen LogP contribution < -0.4 is 5.32 Å². The van der Waals surface area contributed by atoms with Crippen molar-refractivity contribution in [1.82, 2.24) is 10.3 Å². The van der Waals surface area contributed by atoms with Crippen LogP contribution in [0.1, 0.15) is 21.9 Å². The minimum absolute atomic E-state index is 0.988. The zero-order valence-electron chi connectivity index (χ0n) is 11.4. The average molecular weight is 270 g/mol. The van der Waals surface area contributed by atoms with Crippen molar-refractivity contribution in [3.8, 4) is 11.3 Å². The van der Waals surface area contributed by atoms with E-state index < -0.39 is 0 Å². The van der Waals surface area contributed by atoms with Gasteiger partial charge in [-0.1, -0.05) is 30.3 Å². The summed E-state index contributed by atoms with van der Waals surface area (Å²) in [5, 5.41) is 4.48. The van der Waals surface area contributed by atoms with Gasteiger partial charge in [-0.2, -0.15) is 0 Å². The highest BCUT2D eigenvalue weighted by atomic mass is 32.1. The number of rotatable bonds is 2. The maximum Gasteiger partial charge on any atom is 0.0904 e. The lowest BCUT2D eigenvalue weighted by atomic mass is 9.98. The number of hydrogen-bond donors (Lipinski definition) is 1. The maximum absolute atomic E-state index is 4.62. The van der Waals surface area contributed by atoms with Crippen LogP contribution in [0.15, 0.2) is 30.3 Å². The normalized spacial score (nSPS) is 15.4. The smallest absolute Gasteiger partial charge is 0.0904 e. The number of benzene rings is 1. The van der Waals surface area contributed by atoms with Crippen molar-refractivity contribution in [1.29, 1.82) is 0 Å². The Morgan fingerprint density at radius 1 is 1.11 bits per heavy atom. The first-order valence-corrected chi connectivity index (χ1v) is 7.50. The lowest BCUT2D eigenvalue weighted by molar-refractivity contribution is 0.738. The summed E-state index contributed by atoms with van der Waals surface area (Å²) < 4.78 is 0. The van der Waals surface area contributed by atoms with Crippen LogP contribution in [0.4, 0.5) is 0 Å². The van der Waals surface area contributed by atoms with E-state index in [1.54, 1.807) is 11.3 Å². The summed E-state index contributed by atoms with van der Waals surface area (Å²) in [7, 11) is 0. The summed E-state index contributed by atoms with van der Waals surface area (Å²) >= 11 is 1.77. The molecule has 1 N–H and O–H groups in total. The zero-order chi connectivity index (χ0) is 13.2. The van der Waals surface area contributed by atoms with E-state index in [0.29, 0.717) is 0 Å². The fourth-order valence-electron chi connectivity index (χ4n) is 2.52. The number of nitrogens with one attached hydrogen (secondary N) is 1. The number of hydrogen-bond acceptors (Lipinski definition) is 3. The predicted molar refractivity (Wildman–Crippen MR) is 82.5 cm³/mol. The van der Waals surface area contributed by atoms with Gasteiger partial charge >= 0.3 is 0 Å². The van der Waals surface area contributed by atoms with Crippen molar-refractivity contribution in [2.75, 3.05) is 13.1 Å². The summed E-state index contributed by atoms with van der Waals surface area (Å²) in [6.07, 6.45) is 3.41. The van der Waals surface area contributed by atoms with Crippen LogP contribution in [-0.4, -0.2) is 18.1 Å². The van der Waals surface area contributed by atoms with Crippen LogP contribution in [0, 0.1) is 13.8 Å². The highest BCUT2D eigenvalue weighted by Gasteiger charge is 2.09. The van der Waals surface area contributed by atoms with Crippen LogP contribution in [-0.2, 0) is 0 Å². The minimum atomic E-state index is 0.988. The second kappa shape index (κ2) is 5.27. The molecule has 3 heteroatoms. The first-order valence-electron chi connectivity index (χ1n) is 6.68. The molecule has 0 aliphatic carbocycles. The molecule has 1 aromatic carbocycles. The van der Waals surface area contributed by atoms with Gasteiger partial charge in [0.25, 0.3) is 0 Å². The molecule has 0 spiro atoms. The number of aryl methyl sites for hydroxylation is 2. The minimum Gasteiger partial charge on any atom is -0.313 e. The van der Waals surface area contributed by atoms with Gasteiger partial charge in [0.05, 0.1) is 10.7 Å². The topological polar surface area (TPSA) is 24.9 Å². The highest BCUT2D eigenvalue weighted by molar-refractivity contribution is 7.11. The van der Waals surface area contributed by atoms with Crippen molar-refractivity contribution >= 4 is 16.9 Å². The molecule has 1 aliphatic rings. The molecule has 0 radical (unpaired) electrons. The molecule has 0 amide bonds. The standard InChI is InChI=1S/C16H18N2S/c1-11-16(18-12(2)19-11)15-5-3-13(4-6-15)14-7-9-17-10-8-14/h3-7,17H,8-10H2,1-2H3. The molecule has 0 unspecified atom stereocenters. The summed E-state index contributed by atoms with van der Waals surface area (Å²) in [4.78, 5) is 5.91. The zero-order valence-corrected chi connectivity index (χ0v) is 12.2. The van der Waals surface area contributed by atoms with Crippen LogP contribution in [0.5, 0.6) is 0 Å².